The number of carbonyl (C=O) groups excluding carboxylic acids is 1. The summed E-state index contributed by atoms with van der Waals surface area (Å²) in [5.41, 5.74) is -4.16. The quantitative estimate of drug-likeness (QED) is 0.648. The van der Waals surface area contributed by atoms with E-state index >= 15 is 0 Å². The smallest absolute Gasteiger partial charge is 0.344 e. The van der Waals surface area contributed by atoms with Gasteiger partial charge in [0.15, 0.2) is 11.6 Å². The van der Waals surface area contributed by atoms with Crippen molar-refractivity contribution in [1.82, 2.24) is 0 Å². The number of fused-ring (bicyclic) bond motifs is 1. The van der Waals surface area contributed by atoms with Gasteiger partial charge in [-0.25, -0.2) is 8.78 Å². The lowest BCUT2D eigenvalue weighted by Crippen LogP contribution is -2.45. The van der Waals surface area contributed by atoms with Crippen LogP contribution in [0.4, 0.5) is 27.6 Å². The van der Waals surface area contributed by atoms with Crippen LogP contribution in [0, 0.1) is 17.6 Å². The minimum atomic E-state index is -4.97. The van der Waals surface area contributed by atoms with Gasteiger partial charge in [0, 0.05) is 11.6 Å². The molecule has 1 aromatic carbocycles. The summed E-state index contributed by atoms with van der Waals surface area (Å²) in [6, 6.07) is 0.961. The Hall–Kier alpha value is -1.96. The molecule has 24 heavy (non-hydrogen) atoms. The number of hydrogen-bond donors (Lipinski definition) is 1. The van der Waals surface area contributed by atoms with Gasteiger partial charge in [-0.1, -0.05) is 6.08 Å². The summed E-state index contributed by atoms with van der Waals surface area (Å²) in [7, 11) is 0. The number of halogens is 5. The molecule has 1 heterocycles. The molecular formula is C16H14F5NO2. The fraction of sp³-hybridized carbons (Fsp3) is 0.438. The summed E-state index contributed by atoms with van der Waals surface area (Å²) >= 11 is 0. The molecule has 3 rings (SSSR count). The summed E-state index contributed by atoms with van der Waals surface area (Å²) in [5.74, 6) is -3.68. The third-order valence-electron chi connectivity index (χ3n) is 4.10. The largest absolute Gasteiger partial charge is 0.425 e. The molecule has 8 heteroatoms. The van der Waals surface area contributed by atoms with Crippen LogP contribution in [-0.2, 0) is 15.1 Å². The summed E-state index contributed by atoms with van der Waals surface area (Å²) in [6.07, 6.45) is -2.78. The van der Waals surface area contributed by atoms with E-state index in [9.17, 15) is 26.7 Å². The highest BCUT2D eigenvalue weighted by atomic mass is 19.4. The first-order chi connectivity index (χ1) is 11.1. The standard InChI is InChI=1S/C16H14F5NO2/c1-8-14(23)22-13-7-12(18)11(17)6-10(13)15(24-8,16(19,20)21)5-4-9-2-3-9/h4-9H,2-3H2,1H3,(H,22,23)/b5-4+/t8-,15-/m0/s1. The van der Waals surface area contributed by atoms with Gasteiger partial charge in [0.05, 0.1) is 5.69 Å². The van der Waals surface area contributed by atoms with E-state index in [2.05, 4.69) is 5.32 Å². The average Bonchev–Trinajstić information content (AvgIpc) is 3.29. The van der Waals surface area contributed by atoms with Crippen LogP contribution in [0.2, 0.25) is 0 Å². The predicted octanol–water partition coefficient (Wildman–Crippen LogP) is 4.05. The van der Waals surface area contributed by atoms with Crippen molar-refractivity contribution in [3.05, 3.63) is 41.5 Å². The first kappa shape index (κ1) is 16.9. The van der Waals surface area contributed by atoms with Gasteiger partial charge in [-0.15, -0.1) is 0 Å². The van der Waals surface area contributed by atoms with Crippen LogP contribution in [-0.4, -0.2) is 18.2 Å². The van der Waals surface area contributed by atoms with Crippen LogP contribution in [0.15, 0.2) is 24.3 Å². The summed E-state index contributed by atoms with van der Waals surface area (Å²) in [6.45, 7) is 1.15. The Kier molecular flexibility index (Phi) is 3.90. The SMILES string of the molecule is C[C@@H]1O[C@](/C=C/C2CC2)(C(F)(F)F)c2cc(F)c(F)cc2NC1=O. The maximum absolute atomic E-state index is 13.9. The number of hydrogen-bond acceptors (Lipinski definition) is 2. The van der Waals surface area contributed by atoms with Crippen LogP contribution in [0.5, 0.6) is 0 Å². The van der Waals surface area contributed by atoms with E-state index in [4.69, 9.17) is 4.74 Å². The van der Waals surface area contributed by atoms with E-state index in [1.165, 1.54) is 6.08 Å². The zero-order valence-electron chi connectivity index (χ0n) is 12.6. The maximum atomic E-state index is 13.9. The summed E-state index contributed by atoms with van der Waals surface area (Å²) in [4.78, 5) is 11.9. The molecule has 1 aromatic rings. The Morgan fingerprint density at radius 2 is 1.88 bits per heavy atom. The monoisotopic (exact) mass is 347 g/mol. The molecule has 1 N–H and O–H groups in total. The van der Waals surface area contributed by atoms with E-state index in [0.29, 0.717) is 12.1 Å². The van der Waals surface area contributed by atoms with Crippen LogP contribution >= 0.6 is 0 Å². The van der Waals surface area contributed by atoms with E-state index < -0.39 is 46.7 Å². The average molecular weight is 347 g/mol. The van der Waals surface area contributed by atoms with Crippen molar-refractivity contribution in [2.24, 2.45) is 5.92 Å². The molecule has 1 aliphatic carbocycles. The van der Waals surface area contributed by atoms with E-state index in [1.54, 1.807) is 0 Å². The van der Waals surface area contributed by atoms with Gasteiger partial charge in [-0.3, -0.25) is 4.79 Å². The van der Waals surface area contributed by atoms with Gasteiger partial charge in [-0.05, 0) is 37.8 Å². The predicted molar refractivity (Wildman–Crippen MR) is 75.1 cm³/mol. The number of anilines is 1. The van der Waals surface area contributed by atoms with Crippen molar-refractivity contribution in [2.45, 2.75) is 37.6 Å². The summed E-state index contributed by atoms with van der Waals surface area (Å²) in [5, 5.41) is 2.17. The van der Waals surface area contributed by atoms with Crippen molar-refractivity contribution in [2.75, 3.05) is 5.32 Å². The number of allylic oxidation sites excluding steroid dienone is 1. The molecule has 0 unspecified atom stereocenters. The molecule has 3 nitrogen and oxygen atoms in total. The molecule has 2 aliphatic rings. The third-order valence-corrected chi connectivity index (χ3v) is 4.10. The molecule has 1 saturated carbocycles. The molecule has 2 atom stereocenters. The van der Waals surface area contributed by atoms with Crippen molar-refractivity contribution in [3.8, 4) is 0 Å². The van der Waals surface area contributed by atoms with Crippen molar-refractivity contribution >= 4 is 11.6 Å². The van der Waals surface area contributed by atoms with Crippen LogP contribution in [0.1, 0.15) is 25.3 Å². The first-order valence-corrected chi connectivity index (χ1v) is 7.38. The molecule has 0 spiro atoms. The van der Waals surface area contributed by atoms with Gasteiger partial charge < -0.3 is 10.1 Å². The topological polar surface area (TPSA) is 38.3 Å². The van der Waals surface area contributed by atoms with E-state index in [-0.39, 0.29) is 5.92 Å². The minimum absolute atomic E-state index is 0.0104. The number of amides is 1. The molecule has 1 fully saturated rings. The molecule has 1 aliphatic heterocycles. The zero-order chi connectivity index (χ0) is 17.7. The molecule has 0 saturated heterocycles. The molecule has 0 aromatic heterocycles. The Bertz CT molecular complexity index is 711. The highest BCUT2D eigenvalue weighted by molar-refractivity contribution is 5.95. The Morgan fingerprint density at radius 3 is 2.46 bits per heavy atom. The van der Waals surface area contributed by atoms with Crippen LogP contribution in [0.3, 0.4) is 0 Å². The first-order valence-electron chi connectivity index (χ1n) is 7.38. The fourth-order valence-corrected chi connectivity index (χ4v) is 2.59. The number of carbonyl (C=O) groups is 1. The highest BCUT2D eigenvalue weighted by Gasteiger charge is 2.59. The molecule has 0 bridgehead atoms. The van der Waals surface area contributed by atoms with Gasteiger partial charge in [0.25, 0.3) is 5.91 Å². The minimum Gasteiger partial charge on any atom is -0.344 e. The van der Waals surface area contributed by atoms with Crippen molar-refractivity contribution < 1.29 is 31.5 Å². The van der Waals surface area contributed by atoms with Gasteiger partial charge >= 0.3 is 6.18 Å². The number of nitrogens with one attached hydrogen (secondary N) is 1. The molecular weight excluding hydrogens is 333 g/mol. The number of benzene rings is 1. The number of alkyl halides is 3. The Balaban J connectivity index is 2.25. The third kappa shape index (κ3) is 2.79. The lowest BCUT2D eigenvalue weighted by Gasteiger charge is -2.34. The lowest BCUT2D eigenvalue weighted by molar-refractivity contribution is -0.271. The Labute approximate surface area is 134 Å². The van der Waals surface area contributed by atoms with Crippen LogP contribution in [0.25, 0.3) is 0 Å². The normalized spacial score (nSPS) is 27.8. The molecule has 130 valence electrons. The fourth-order valence-electron chi connectivity index (χ4n) is 2.59. The molecule has 1 amide bonds. The highest BCUT2D eigenvalue weighted by Crippen LogP contribution is 2.49. The van der Waals surface area contributed by atoms with Gasteiger partial charge in [0.1, 0.15) is 6.10 Å². The second-order valence-electron chi connectivity index (χ2n) is 5.99. The van der Waals surface area contributed by atoms with E-state index in [0.717, 1.165) is 25.8 Å². The second-order valence-corrected chi connectivity index (χ2v) is 5.99. The molecule has 0 radical (unpaired) electrons. The lowest BCUT2D eigenvalue weighted by atomic mass is 9.90. The maximum Gasteiger partial charge on any atom is 0.425 e. The van der Waals surface area contributed by atoms with E-state index in [1.807, 2.05) is 0 Å². The van der Waals surface area contributed by atoms with Crippen molar-refractivity contribution in [1.29, 1.82) is 0 Å². The van der Waals surface area contributed by atoms with Gasteiger partial charge in [0.2, 0.25) is 5.60 Å². The zero-order valence-corrected chi connectivity index (χ0v) is 12.6. The summed E-state index contributed by atoms with van der Waals surface area (Å²) < 4.78 is 74.0. The number of ether oxygens (including phenoxy) is 1. The number of rotatable bonds is 2. The second kappa shape index (κ2) is 5.54. The van der Waals surface area contributed by atoms with Crippen molar-refractivity contribution in [3.63, 3.8) is 0 Å². The Morgan fingerprint density at radius 1 is 1.25 bits per heavy atom. The van der Waals surface area contributed by atoms with Crippen LogP contribution < -0.4 is 5.32 Å². The van der Waals surface area contributed by atoms with Gasteiger partial charge in [-0.2, -0.15) is 13.2 Å².